The molecule has 0 saturated carbocycles. The van der Waals surface area contributed by atoms with Crippen LogP contribution in [0.2, 0.25) is 0 Å². The van der Waals surface area contributed by atoms with Gasteiger partial charge in [-0.05, 0) is 42.0 Å². The Bertz CT molecular complexity index is 701. The number of halogens is 2. The zero-order valence-electron chi connectivity index (χ0n) is 11.6. The van der Waals surface area contributed by atoms with Crippen LogP contribution in [0.3, 0.4) is 0 Å². The van der Waals surface area contributed by atoms with Crippen LogP contribution in [-0.4, -0.2) is 21.6 Å². The van der Waals surface area contributed by atoms with Crippen LogP contribution in [0.25, 0.3) is 0 Å². The lowest BCUT2D eigenvalue weighted by molar-refractivity contribution is 0.322. The maximum absolute atomic E-state index is 12.7. The zero-order valence-corrected chi connectivity index (χ0v) is 12.4. The molecule has 0 spiro atoms. The van der Waals surface area contributed by atoms with Crippen LogP contribution >= 0.6 is 0 Å². The number of ether oxygens (including phenoxy) is 1. The topological polar surface area (TPSA) is 55.4 Å². The van der Waals surface area contributed by atoms with Crippen LogP contribution in [0.15, 0.2) is 48.5 Å². The summed E-state index contributed by atoms with van der Waals surface area (Å²) in [6.07, 6.45) is 0. The van der Waals surface area contributed by atoms with E-state index in [1.807, 2.05) is 0 Å². The number of nitrogens with one attached hydrogen (secondary N) is 1. The highest BCUT2D eigenvalue weighted by Crippen LogP contribution is 2.10. The van der Waals surface area contributed by atoms with Crippen molar-refractivity contribution in [2.75, 3.05) is 13.2 Å². The minimum atomic E-state index is -3.52. The minimum absolute atomic E-state index is 0.0842. The molecule has 118 valence electrons. The molecule has 0 aromatic heterocycles. The smallest absolute Gasteiger partial charge is 0.215 e. The van der Waals surface area contributed by atoms with Crippen LogP contribution in [0.5, 0.6) is 5.75 Å². The van der Waals surface area contributed by atoms with Gasteiger partial charge in [-0.2, -0.15) is 0 Å². The highest BCUT2D eigenvalue weighted by Gasteiger charge is 2.11. The quantitative estimate of drug-likeness (QED) is 0.795. The molecule has 22 heavy (non-hydrogen) atoms. The van der Waals surface area contributed by atoms with Crippen molar-refractivity contribution in [1.29, 1.82) is 0 Å². The van der Waals surface area contributed by atoms with Crippen molar-refractivity contribution in [3.8, 4) is 5.75 Å². The van der Waals surface area contributed by atoms with Crippen LogP contribution in [0.4, 0.5) is 8.78 Å². The van der Waals surface area contributed by atoms with Gasteiger partial charge in [0.05, 0.1) is 5.75 Å². The van der Waals surface area contributed by atoms with Crippen molar-refractivity contribution in [2.45, 2.75) is 5.75 Å². The third-order valence-electron chi connectivity index (χ3n) is 2.78. The standard InChI is InChI=1S/C15H15F2NO3S/c16-13-3-1-12(2-4-13)11-22(19,20)18-9-10-21-15-7-5-14(17)6-8-15/h1-8,18H,9-11H2. The van der Waals surface area contributed by atoms with Gasteiger partial charge in [0.25, 0.3) is 0 Å². The predicted octanol–water partition coefficient (Wildman–Crippen LogP) is 2.46. The van der Waals surface area contributed by atoms with Gasteiger partial charge in [0, 0.05) is 6.54 Å². The van der Waals surface area contributed by atoms with Gasteiger partial charge in [0.2, 0.25) is 10.0 Å². The first-order valence-electron chi connectivity index (χ1n) is 6.55. The van der Waals surface area contributed by atoms with Gasteiger partial charge in [0.15, 0.2) is 0 Å². The van der Waals surface area contributed by atoms with Gasteiger partial charge in [-0.3, -0.25) is 0 Å². The fourth-order valence-corrected chi connectivity index (χ4v) is 2.88. The highest BCUT2D eigenvalue weighted by molar-refractivity contribution is 7.88. The molecule has 0 atom stereocenters. The first-order chi connectivity index (χ1) is 10.4. The number of benzene rings is 2. The SMILES string of the molecule is O=S(=O)(Cc1ccc(F)cc1)NCCOc1ccc(F)cc1. The number of sulfonamides is 1. The first kappa shape index (κ1) is 16.4. The lowest BCUT2D eigenvalue weighted by Crippen LogP contribution is -2.29. The maximum atomic E-state index is 12.7. The molecule has 0 bridgehead atoms. The van der Waals surface area contributed by atoms with Crippen LogP contribution in [0.1, 0.15) is 5.56 Å². The van der Waals surface area contributed by atoms with E-state index in [2.05, 4.69) is 4.72 Å². The molecule has 7 heteroatoms. The van der Waals surface area contributed by atoms with E-state index in [0.717, 1.165) is 0 Å². The Kier molecular flexibility index (Phi) is 5.46. The summed E-state index contributed by atoms with van der Waals surface area (Å²) >= 11 is 0. The van der Waals surface area contributed by atoms with Crippen LogP contribution < -0.4 is 9.46 Å². The van der Waals surface area contributed by atoms with E-state index >= 15 is 0 Å². The fraction of sp³-hybridized carbons (Fsp3) is 0.200. The van der Waals surface area contributed by atoms with Crippen LogP contribution in [0, 0.1) is 11.6 Å². The summed E-state index contributed by atoms with van der Waals surface area (Å²) in [6.45, 7) is 0.204. The van der Waals surface area contributed by atoms with E-state index in [4.69, 9.17) is 4.74 Å². The highest BCUT2D eigenvalue weighted by atomic mass is 32.2. The van der Waals surface area contributed by atoms with Crippen molar-refractivity contribution in [3.63, 3.8) is 0 Å². The molecule has 0 aliphatic carbocycles. The third-order valence-corrected chi connectivity index (χ3v) is 4.13. The van der Waals surface area contributed by atoms with Gasteiger partial charge >= 0.3 is 0 Å². The molecule has 2 aromatic rings. The minimum Gasteiger partial charge on any atom is -0.492 e. The fourth-order valence-electron chi connectivity index (χ4n) is 1.75. The van der Waals surface area contributed by atoms with Gasteiger partial charge in [-0.25, -0.2) is 21.9 Å². The number of hydrogen-bond acceptors (Lipinski definition) is 3. The van der Waals surface area contributed by atoms with E-state index in [-0.39, 0.29) is 24.7 Å². The maximum Gasteiger partial charge on any atom is 0.215 e. The van der Waals surface area contributed by atoms with Crippen molar-refractivity contribution in [1.82, 2.24) is 4.72 Å². The van der Waals surface area contributed by atoms with E-state index in [0.29, 0.717) is 11.3 Å². The summed E-state index contributed by atoms with van der Waals surface area (Å²) < 4.78 is 56.8. The largest absolute Gasteiger partial charge is 0.492 e. The van der Waals surface area contributed by atoms with E-state index in [1.165, 1.54) is 48.5 Å². The van der Waals surface area contributed by atoms with Gasteiger partial charge < -0.3 is 4.74 Å². The Morgan fingerprint density at radius 3 is 2.05 bits per heavy atom. The molecule has 0 radical (unpaired) electrons. The lowest BCUT2D eigenvalue weighted by Gasteiger charge is -2.08. The van der Waals surface area contributed by atoms with Crippen molar-refractivity contribution < 1.29 is 21.9 Å². The molecule has 0 aliphatic rings. The molecule has 0 amide bonds. The normalized spacial score (nSPS) is 11.4. The van der Waals surface area contributed by atoms with E-state index < -0.39 is 15.8 Å². The average Bonchev–Trinajstić information content (AvgIpc) is 2.48. The third kappa shape index (κ3) is 5.42. The van der Waals surface area contributed by atoms with Gasteiger partial charge in [0.1, 0.15) is 24.0 Å². The monoisotopic (exact) mass is 327 g/mol. The Morgan fingerprint density at radius 1 is 0.909 bits per heavy atom. The molecule has 2 rings (SSSR count). The predicted molar refractivity (Wildman–Crippen MR) is 78.9 cm³/mol. The number of hydrogen-bond donors (Lipinski definition) is 1. The van der Waals surface area contributed by atoms with Crippen LogP contribution in [-0.2, 0) is 15.8 Å². The molecule has 0 fully saturated rings. The molecule has 0 heterocycles. The summed E-state index contributed by atoms with van der Waals surface area (Å²) in [5.74, 6) is -0.558. The van der Waals surface area contributed by atoms with Crippen molar-refractivity contribution in [2.24, 2.45) is 0 Å². The molecule has 0 aliphatic heterocycles. The summed E-state index contributed by atoms with van der Waals surface area (Å²) in [4.78, 5) is 0. The molecular formula is C15H15F2NO3S. The van der Waals surface area contributed by atoms with Gasteiger partial charge in [-0.1, -0.05) is 12.1 Å². The Hall–Kier alpha value is -1.99. The average molecular weight is 327 g/mol. The molecule has 1 N–H and O–H groups in total. The molecule has 2 aromatic carbocycles. The zero-order chi connectivity index (χ0) is 16.0. The summed E-state index contributed by atoms with van der Waals surface area (Å²) in [5, 5.41) is 0. The van der Waals surface area contributed by atoms with E-state index in [1.54, 1.807) is 0 Å². The second-order valence-electron chi connectivity index (χ2n) is 4.58. The summed E-state index contributed by atoms with van der Waals surface area (Å²) in [5.41, 5.74) is 0.494. The molecule has 0 saturated heterocycles. The number of rotatable bonds is 7. The first-order valence-corrected chi connectivity index (χ1v) is 8.20. The summed E-state index contributed by atoms with van der Waals surface area (Å²) in [7, 11) is -3.52. The summed E-state index contributed by atoms with van der Waals surface area (Å²) in [6, 6.07) is 10.7. The lowest BCUT2D eigenvalue weighted by atomic mass is 10.2. The van der Waals surface area contributed by atoms with Gasteiger partial charge in [-0.15, -0.1) is 0 Å². The Morgan fingerprint density at radius 2 is 1.45 bits per heavy atom. The second-order valence-corrected chi connectivity index (χ2v) is 6.39. The molecule has 0 unspecified atom stereocenters. The van der Waals surface area contributed by atoms with Crippen molar-refractivity contribution >= 4 is 10.0 Å². The van der Waals surface area contributed by atoms with E-state index in [9.17, 15) is 17.2 Å². The Balaban J connectivity index is 1.77. The second kappa shape index (κ2) is 7.33. The molecular weight excluding hydrogens is 312 g/mol. The van der Waals surface area contributed by atoms with Crippen molar-refractivity contribution in [3.05, 3.63) is 65.7 Å². The Labute approximate surface area is 127 Å². The molecule has 4 nitrogen and oxygen atoms in total.